The van der Waals surface area contributed by atoms with Gasteiger partial charge in [-0.3, -0.25) is 0 Å². The summed E-state index contributed by atoms with van der Waals surface area (Å²) >= 11 is 3.62. The Kier molecular flexibility index (Phi) is 4.66. The molecule has 0 atom stereocenters. The highest BCUT2D eigenvalue weighted by Gasteiger charge is 2.14. The van der Waals surface area contributed by atoms with Crippen LogP contribution < -0.4 is 0 Å². The van der Waals surface area contributed by atoms with Gasteiger partial charge in [-0.25, -0.2) is 0 Å². The lowest BCUT2D eigenvalue weighted by molar-refractivity contribution is 1.18. The summed E-state index contributed by atoms with van der Waals surface area (Å²) in [6.07, 6.45) is 0. The van der Waals surface area contributed by atoms with Gasteiger partial charge in [0.15, 0.2) is 0 Å². The van der Waals surface area contributed by atoms with E-state index in [9.17, 15) is 0 Å². The first-order valence-electron chi connectivity index (χ1n) is 10.7. The van der Waals surface area contributed by atoms with E-state index < -0.39 is 0 Å². The van der Waals surface area contributed by atoms with Crippen molar-refractivity contribution < 1.29 is 0 Å². The van der Waals surface area contributed by atoms with Gasteiger partial charge in [0.2, 0.25) is 0 Å². The molecule has 0 saturated heterocycles. The molecule has 2 heteroatoms. The summed E-state index contributed by atoms with van der Waals surface area (Å²) in [5, 5.41) is 2.54. The van der Waals surface area contributed by atoms with Gasteiger partial charge in [-0.2, -0.15) is 0 Å². The SMILES string of the molecule is Brc1cccc(-c2ccccc2-c2ccc3c(c2)c2ccccc2n3-c2ccccc2)c1. The van der Waals surface area contributed by atoms with Crippen LogP contribution in [0.25, 0.3) is 49.7 Å². The highest BCUT2D eigenvalue weighted by atomic mass is 79.9. The van der Waals surface area contributed by atoms with Crippen LogP contribution in [0.4, 0.5) is 0 Å². The van der Waals surface area contributed by atoms with Crippen molar-refractivity contribution in [2.24, 2.45) is 0 Å². The number of fused-ring (bicyclic) bond motifs is 3. The zero-order valence-electron chi connectivity index (χ0n) is 17.4. The Morgan fingerprint density at radius 3 is 1.91 bits per heavy atom. The van der Waals surface area contributed by atoms with Crippen LogP contribution in [0.2, 0.25) is 0 Å². The molecule has 1 nitrogen and oxygen atoms in total. The second-order valence-electron chi connectivity index (χ2n) is 7.98. The van der Waals surface area contributed by atoms with E-state index in [2.05, 4.69) is 142 Å². The molecule has 0 radical (unpaired) electrons. The molecule has 6 aromatic rings. The van der Waals surface area contributed by atoms with Crippen molar-refractivity contribution in [1.29, 1.82) is 0 Å². The lowest BCUT2D eigenvalue weighted by atomic mass is 9.94. The van der Waals surface area contributed by atoms with Gasteiger partial charge in [-0.1, -0.05) is 94.8 Å². The fourth-order valence-corrected chi connectivity index (χ4v) is 5.04. The highest BCUT2D eigenvalue weighted by Crippen LogP contribution is 2.38. The van der Waals surface area contributed by atoms with Crippen LogP contribution in [0.1, 0.15) is 0 Å². The van der Waals surface area contributed by atoms with Crippen LogP contribution in [-0.4, -0.2) is 4.57 Å². The number of para-hydroxylation sites is 2. The third kappa shape index (κ3) is 3.16. The van der Waals surface area contributed by atoms with Gasteiger partial charge >= 0.3 is 0 Å². The lowest BCUT2D eigenvalue weighted by Gasteiger charge is -2.12. The molecule has 1 aromatic heterocycles. The van der Waals surface area contributed by atoms with Crippen molar-refractivity contribution in [2.45, 2.75) is 0 Å². The standard InChI is InChI=1S/C30H20BrN/c31-23-10-8-9-21(19-23)25-13-4-5-14-26(25)22-17-18-30-28(20-22)27-15-6-7-16-29(27)32(30)24-11-2-1-3-12-24/h1-20H. The van der Waals surface area contributed by atoms with Crippen LogP contribution >= 0.6 is 15.9 Å². The Bertz CT molecular complexity index is 1580. The number of rotatable bonds is 3. The molecule has 0 aliphatic rings. The van der Waals surface area contributed by atoms with E-state index in [0.717, 1.165) is 4.47 Å². The van der Waals surface area contributed by atoms with Gasteiger partial charge in [0.1, 0.15) is 0 Å². The van der Waals surface area contributed by atoms with Crippen LogP contribution in [0.3, 0.4) is 0 Å². The van der Waals surface area contributed by atoms with E-state index >= 15 is 0 Å². The largest absolute Gasteiger partial charge is 0.309 e. The fraction of sp³-hybridized carbons (Fsp3) is 0. The van der Waals surface area contributed by atoms with E-state index in [0.29, 0.717) is 0 Å². The van der Waals surface area contributed by atoms with Crippen LogP contribution in [0.5, 0.6) is 0 Å². The molecule has 0 fully saturated rings. The predicted octanol–water partition coefficient (Wildman–Crippen LogP) is 8.88. The predicted molar refractivity (Wildman–Crippen MR) is 139 cm³/mol. The molecule has 0 amide bonds. The number of benzene rings is 5. The Hall–Kier alpha value is -3.62. The number of halogens is 1. The number of hydrogen-bond donors (Lipinski definition) is 0. The fourth-order valence-electron chi connectivity index (χ4n) is 4.64. The third-order valence-electron chi connectivity index (χ3n) is 6.06. The monoisotopic (exact) mass is 473 g/mol. The maximum Gasteiger partial charge on any atom is 0.0541 e. The molecule has 152 valence electrons. The lowest BCUT2D eigenvalue weighted by Crippen LogP contribution is -1.93. The summed E-state index contributed by atoms with van der Waals surface area (Å²) in [6, 6.07) is 43.3. The van der Waals surface area contributed by atoms with Gasteiger partial charge in [-0.05, 0) is 64.7 Å². The molecular weight excluding hydrogens is 454 g/mol. The quantitative estimate of drug-likeness (QED) is 0.241. The minimum absolute atomic E-state index is 1.09. The van der Waals surface area contributed by atoms with E-state index in [4.69, 9.17) is 0 Å². The topological polar surface area (TPSA) is 4.93 Å². The van der Waals surface area contributed by atoms with Crippen molar-refractivity contribution in [3.8, 4) is 27.9 Å². The zero-order chi connectivity index (χ0) is 21.5. The summed E-state index contributed by atoms with van der Waals surface area (Å²) in [7, 11) is 0. The normalized spacial score (nSPS) is 11.3. The zero-order valence-corrected chi connectivity index (χ0v) is 19.0. The summed E-state index contributed by atoms with van der Waals surface area (Å²) in [4.78, 5) is 0. The smallest absolute Gasteiger partial charge is 0.0541 e. The summed E-state index contributed by atoms with van der Waals surface area (Å²) in [5.41, 5.74) is 8.54. The van der Waals surface area contributed by atoms with E-state index in [-0.39, 0.29) is 0 Å². The molecule has 0 saturated carbocycles. The van der Waals surface area contributed by atoms with Crippen molar-refractivity contribution >= 4 is 37.7 Å². The van der Waals surface area contributed by atoms with E-state index in [1.165, 1.54) is 49.7 Å². The maximum atomic E-state index is 3.62. The summed E-state index contributed by atoms with van der Waals surface area (Å²) < 4.78 is 3.44. The minimum Gasteiger partial charge on any atom is -0.309 e. The number of nitrogens with zero attached hydrogens (tertiary/aromatic N) is 1. The Balaban J connectivity index is 1.61. The van der Waals surface area contributed by atoms with E-state index in [1.807, 2.05) is 0 Å². The molecule has 0 spiro atoms. The van der Waals surface area contributed by atoms with Gasteiger partial charge in [0.05, 0.1) is 11.0 Å². The van der Waals surface area contributed by atoms with Crippen LogP contribution in [-0.2, 0) is 0 Å². The molecule has 0 aliphatic carbocycles. The Morgan fingerprint density at radius 2 is 1.12 bits per heavy atom. The van der Waals surface area contributed by atoms with Gasteiger partial charge in [0.25, 0.3) is 0 Å². The van der Waals surface area contributed by atoms with Crippen molar-refractivity contribution in [3.05, 3.63) is 126 Å². The summed E-state index contributed by atoms with van der Waals surface area (Å²) in [5.74, 6) is 0. The molecule has 1 heterocycles. The number of aromatic nitrogens is 1. The summed E-state index contributed by atoms with van der Waals surface area (Å²) in [6.45, 7) is 0. The first-order valence-corrected chi connectivity index (χ1v) is 11.5. The average Bonchev–Trinajstić information content (AvgIpc) is 3.18. The molecule has 5 aromatic carbocycles. The molecule has 0 bridgehead atoms. The van der Waals surface area contributed by atoms with Crippen LogP contribution in [0, 0.1) is 0 Å². The average molecular weight is 474 g/mol. The van der Waals surface area contributed by atoms with Crippen LogP contribution in [0.15, 0.2) is 126 Å². The second-order valence-corrected chi connectivity index (χ2v) is 8.89. The Morgan fingerprint density at radius 1 is 0.469 bits per heavy atom. The first-order chi connectivity index (χ1) is 15.8. The van der Waals surface area contributed by atoms with E-state index in [1.54, 1.807) is 0 Å². The van der Waals surface area contributed by atoms with Crippen molar-refractivity contribution in [2.75, 3.05) is 0 Å². The van der Waals surface area contributed by atoms with Gasteiger partial charge in [-0.15, -0.1) is 0 Å². The molecule has 32 heavy (non-hydrogen) atoms. The second kappa shape index (κ2) is 7.81. The molecule has 0 unspecified atom stereocenters. The molecule has 0 aliphatic heterocycles. The maximum absolute atomic E-state index is 3.62. The van der Waals surface area contributed by atoms with Crippen molar-refractivity contribution in [1.82, 2.24) is 4.57 Å². The van der Waals surface area contributed by atoms with Crippen molar-refractivity contribution in [3.63, 3.8) is 0 Å². The minimum atomic E-state index is 1.09. The van der Waals surface area contributed by atoms with Gasteiger partial charge in [0, 0.05) is 20.9 Å². The first kappa shape index (κ1) is 19.1. The molecule has 6 rings (SSSR count). The molecule has 0 N–H and O–H groups in total. The Labute approximate surface area is 195 Å². The molecular formula is C30H20BrN. The highest BCUT2D eigenvalue weighted by molar-refractivity contribution is 9.10. The third-order valence-corrected chi connectivity index (χ3v) is 6.55. The van der Waals surface area contributed by atoms with Gasteiger partial charge < -0.3 is 4.57 Å². The number of hydrogen-bond acceptors (Lipinski definition) is 0.